The van der Waals surface area contributed by atoms with Crippen molar-refractivity contribution < 1.29 is 41.0 Å². The van der Waals surface area contributed by atoms with E-state index in [1.807, 2.05) is 0 Å². The van der Waals surface area contributed by atoms with Gasteiger partial charge in [-0.1, -0.05) is 6.07 Å². The van der Waals surface area contributed by atoms with Gasteiger partial charge in [-0.15, -0.1) is 0 Å². The van der Waals surface area contributed by atoms with E-state index < -0.39 is 47.3 Å². The van der Waals surface area contributed by atoms with Gasteiger partial charge in [0, 0.05) is 22.6 Å². The fourth-order valence-corrected chi connectivity index (χ4v) is 5.62. The number of rotatable bonds is 4. The highest BCUT2D eigenvalue weighted by Gasteiger charge is 2.51. The van der Waals surface area contributed by atoms with Crippen molar-refractivity contribution in [2.24, 2.45) is 17.8 Å². The predicted octanol–water partition coefficient (Wildman–Crippen LogP) is 6.17. The Labute approximate surface area is 206 Å². The molecule has 1 heterocycles. The van der Waals surface area contributed by atoms with Crippen molar-refractivity contribution in [3.05, 3.63) is 65.2 Å². The number of carboxylic acids is 1. The molecule has 0 saturated heterocycles. The van der Waals surface area contributed by atoms with E-state index in [0.29, 0.717) is 17.5 Å². The zero-order valence-corrected chi connectivity index (χ0v) is 19.0. The third-order valence-corrected chi connectivity index (χ3v) is 7.33. The summed E-state index contributed by atoms with van der Waals surface area (Å²) in [6.45, 7) is 0. The molecule has 11 heteroatoms. The van der Waals surface area contributed by atoms with Gasteiger partial charge in [-0.05, 0) is 73.6 Å². The van der Waals surface area contributed by atoms with E-state index in [1.165, 1.54) is 30.3 Å². The Morgan fingerprint density at radius 2 is 1.51 bits per heavy atom. The number of pyridine rings is 1. The van der Waals surface area contributed by atoms with Gasteiger partial charge in [0.15, 0.2) is 0 Å². The van der Waals surface area contributed by atoms with Gasteiger partial charge >= 0.3 is 18.3 Å². The summed E-state index contributed by atoms with van der Waals surface area (Å²) in [7, 11) is 0. The Morgan fingerprint density at radius 3 is 2.14 bits per heavy atom. The van der Waals surface area contributed by atoms with Crippen LogP contribution >= 0.6 is 0 Å². The summed E-state index contributed by atoms with van der Waals surface area (Å²) in [6.07, 6.45) is -7.51. The normalized spacial score (nSPS) is 23.4. The van der Waals surface area contributed by atoms with E-state index >= 15 is 0 Å². The standard InChI is InChI=1S/C26H20F6N2O3/c27-25(28,29)17-9-16(10-18(11-17)26(30,31)32)20-5-3-12-7-15(4-6-19(12)33-20)23(35)34-22-14-2-1-13(8-14)21(22)24(36)37/h3-7,9-11,13-14,21-22H,1-2,8H2,(H,34,35)(H,36,37)/t13?,14?,21-,22+/m1/s1. The van der Waals surface area contributed by atoms with Crippen molar-refractivity contribution in [1.29, 1.82) is 0 Å². The molecular weight excluding hydrogens is 502 g/mol. The van der Waals surface area contributed by atoms with Crippen molar-refractivity contribution in [1.82, 2.24) is 10.3 Å². The Morgan fingerprint density at radius 1 is 0.865 bits per heavy atom. The van der Waals surface area contributed by atoms with Crippen LogP contribution in [-0.2, 0) is 17.1 Å². The van der Waals surface area contributed by atoms with Crippen LogP contribution in [0.15, 0.2) is 48.5 Å². The van der Waals surface area contributed by atoms with Crippen LogP contribution in [0.25, 0.3) is 22.2 Å². The van der Waals surface area contributed by atoms with Gasteiger partial charge in [-0.25, -0.2) is 4.98 Å². The summed E-state index contributed by atoms with van der Waals surface area (Å²) in [5, 5.41) is 12.9. The van der Waals surface area contributed by atoms with E-state index in [0.717, 1.165) is 19.3 Å². The van der Waals surface area contributed by atoms with Crippen molar-refractivity contribution in [2.45, 2.75) is 37.7 Å². The smallest absolute Gasteiger partial charge is 0.416 e. The van der Waals surface area contributed by atoms with Crippen LogP contribution in [0.3, 0.4) is 0 Å². The number of carbonyl (C=O) groups is 2. The molecule has 0 radical (unpaired) electrons. The minimum absolute atomic E-state index is 0.0423. The number of carboxylic acid groups (broad SMARTS) is 1. The summed E-state index contributed by atoms with van der Waals surface area (Å²) in [6, 6.07) is 7.93. The van der Waals surface area contributed by atoms with Crippen LogP contribution in [0.5, 0.6) is 0 Å². The van der Waals surface area contributed by atoms with E-state index in [4.69, 9.17) is 0 Å². The first-order valence-corrected chi connectivity index (χ1v) is 11.6. The Bertz CT molecular complexity index is 1370. The third-order valence-electron chi connectivity index (χ3n) is 7.33. The van der Waals surface area contributed by atoms with Gasteiger partial charge in [0.1, 0.15) is 0 Å². The van der Waals surface area contributed by atoms with Crippen molar-refractivity contribution in [2.75, 3.05) is 0 Å². The van der Waals surface area contributed by atoms with Gasteiger partial charge < -0.3 is 10.4 Å². The average molecular weight is 522 g/mol. The van der Waals surface area contributed by atoms with Gasteiger partial charge in [-0.2, -0.15) is 26.3 Å². The molecule has 37 heavy (non-hydrogen) atoms. The van der Waals surface area contributed by atoms with E-state index in [1.54, 1.807) is 0 Å². The van der Waals surface area contributed by atoms with Crippen LogP contribution in [0.1, 0.15) is 40.7 Å². The molecule has 2 unspecified atom stereocenters. The molecule has 2 N–H and O–H groups in total. The summed E-state index contributed by atoms with van der Waals surface area (Å²) in [5.41, 5.74) is -2.80. The highest BCUT2D eigenvalue weighted by Crippen LogP contribution is 2.48. The lowest BCUT2D eigenvalue weighted by molar-refractivity contribution is -0.145. The quantitative estimate of drug-likeness (QED) is 0.402. The molecule has 0 aliphatic heterocycles. The second-order valence-corrected chi connectivity index (χ2v) is 9.60. The number of hydrogen-bond acceptors (Lipinski definition) is 3. The number of halogens is 6. The molecule has 5 rings (SSSR count). The molecule has 1 amide bonds. The molecule has 2 aliphatic rings. The van der Waals surface area contributed by atoms with Crippen molar-refractivity contribution in [3.63, 3.8) is 0 Å². The number of aromatic nitrogens is 1. The summed E-state index contributed by atoms with van der Waals surface area (Å²) in [4.78, 5) is 28.8. The lowest BCUT2D eigenvalue weighted by atomic mass is 9.84. The highest BCUT2D eigenvalue weighted by molar-refractivity contribution is 5.98. The van der Waals surface area contributed by atoms with Crippen LogP contribution in [0.4, 0.5) is 26.3 Å². The fraction of sp³-hybridized carbons (Fsp3) is 0.346. The zero-order chi connectivity index (χ0) is 26.7. The average Bonchev–Trinajstić information content (AvgIpc) is 3.44. The largest absolute Gasteiger partial charge is 0.481 e. The number of hydrogen-bond donors (Lipinski definition) is 2. The SMILES string of the molecule is O=C(N[C@H]1C2CCC(C2)[C@H]1C(=O)O)c1ccc2nc(-c3cc(C(F)(F)F)cc(C(F)(F)F)c3)ccc2c1. The molecule has 2 fully saturated rings. The molecule has 4 atom stereocenters. The second kappa shape index (κ2) is 8.74. The molecule has 194 valence electrons. The van der Waals surface area contributed by atoms with E-state index in [2.05, 4.69) is 10.3 Å². The molecule has 0 spiro atoms. The van der Waals surface area contributed by atoms with Gasteiger partial charge in [0.05, 0.1) is 28.3 Å². The number of aliphatic carboxylic acids is 1. The minimum atomic E-state index is -4.98. The topological polar surface area (TPSA) is 79.3 Å². The fourth-order valence-electron chi connectivity index (χ4n) is 5.62. The first kappa shape index (κ1) is 25.0. The number of amides is 1. The molecule has 2 aromatic carbocycles. The number of carbonyl (C=O) groups excluding carboxylic acids is 1. The number of nitrogens with zero attached hydrogens (tertiary/aromatic N) is 1. The molecule has 1 aromatic heterocycles. The van der Waals surface area contributed by atoms with Gasteiger partial charge in [0.2, 0.25) is 0 Å². The van der Waals surface area contributed by atoms with E-state index in [-0.39, 0.29) is 40.2 Å². The van der Waals surface area contributed by atoms with Crippen LogP contribution in [0, 0.1) is 17.8 Å². The third kappa shape index (κ3) is 4.74. The van der Waals surface area contributed by atoms with Crippen molar-refractivity contribution in [3.8, 4) is 11.3 Å². The van der Waals surface area contributed by atoms with E-state index in [9.17, 15) is 41.0 Å². The lowest BCUT2D eigenvalue weighted by Crippen LogP contribution is -2.46. The number of nitrogens with one attached hydrogen (secondary N) is 1. The Kier molecular flexibility index (Phi) is 5.91. The molecule has 3 aromatic rings. The Hall–Kier alpha value is -3.63. The van der Waals surface area contributed by atoms with Crippen LogP contribution in [-0.4, -0.2) is 28.0 Å². The first-order chi connectivity index (χ1) is 17.3. The highest BCUT2D eigenvalue weighted by atomic mass is 19.4. The molecule has 2 saturated carbocycles. The first-order valence-electron chi connectivity index (χ1n) is 11.6. The van der Waals surface area contributed by atoms with Gasteiger partial charge in [0.25, 0.3) is 5.91 Å². The number of benzene rings is 2. The predicted molar refractivity (Wildman–Crippen MR) is 120 cm³/mol. The molecule has 5 nitrogen and oxygen atoms in total. The molecule has 2 aliphatic carbocycles. The van der Waals surface area contributed by atoms with Crippen LogP contribution in [0.2, 0.25) is 0 Å². The van der Waals surface area contributed by atoms with Gasteiger partial charge in [-0.3, -0.25) is 9.59 Å². The number of alkyl halides is 6. The minimum Gasteiger partial charge on any atom is -0.481 e. The lowest BCUT2D eigenvalue weighted by Gasteiger charge is -2.28. The maximum absolute atomic E-state index is 13.2. The maximum Gasteiger partial charge on any atom is 0.416 e. The summed E-state index contributed by atoms with van der Waals surface area (Å²) >= 11 is 0. The van der Waals surface area contributed by atoms with Crippen molar-refractivity contribution >= 4 is 22.8 Å². The Balaban J connectivity index is 1.43. The number of fused-ring (bicyclic) bond motifs is 3. The maximum atomic E-state index is 13.2. The summed E-state index contributed by atoms with van der Waals surface area (Å²) in [5.74, 6) is -1.88. The monoisotopic (exact) mass is 522 g/mol. The zero-order valence-electron chi connectivity index (χ0n) is 19.0. The van der Waals surface area contributed by atoms with Crippen LogP contribution < -0.4 is 5.32 Å². The molecular formula is C26H20F6N2O3. The second-order valence-electron chi connectivity index (χ2n) is 9.60. The summed E-state index contributed by atoms with van der Waals surface area (Å²) < 4.78 is 79.4. The molecule has 2 bridgehead atoms.